The normalized spacial score (nSPS) is 11.2. The average molecular weight is 447 g/mol. The topological polar surface area (TPSA) is 76.3 Å². The molecule has 4 rings (SSSR count). The molecule has 0 aliphatic rings. The van der Waals surface area contributed by atoms with Gasteiger partial charge in [-0.1, -0.05) is 54.2 Å². The Morgan fingerprint density at radius 1 is 1.12 bits per heavy atom. The summed E-state index contributed by atoms with van der Waals surface area (Å²) in [6.07, 6.45) is 1.36. The Balaban J connectivity index is 1.58. The molecule has 0 bridgehead atoms. The molecule has 0 saturated carbocycles. The van der Waals surface area contributed by atoms with Gasteiger partial charge in [-0.15, -0.1) is 0 Å². The molecule has 1 heterocycles. The smallest absolute Gasteiger partial charge is 0.266 e. The Kier molecular flexibility index (Phi) is 6.42. The number of carbonyl (C=O) groups is 1. The van der Waals surface area contributed by atoms with Crippen LogP contribution in [0.5, 0.6) is 0 Å². The van der Waals surface area contributed by atoms with Crippen LogP contribution in [0, 0.1) is 12.7 Å². The van der Waals surface area contributed by atoms with Crippen LogP contribution in [0.25, 0.3) is 16.6 Å². The largest absolute Gasteiger partial charge is 0.272 e. The van der Waals surface area contributed by atoms with Crippen molar-refractivity contribution in [3.63, 3.8) is 0 Å². The van der Waals surface area contributed by atoms with Crippen molar-refractivity contribution in [3.8, 4) is 5.69 Å². The van der Waals surface area contributed by atoms with E-state index in [2.05, 4.69) is 15.5 Å². The molecule has 0 aliphatic heterocycles. The number of hydrogen-bond acceptors (Lipinski definition) is 5. The van der Waals surface area contributed by atoms with Crippen LogP contribution in [-0.4, -0.2) is 27.4 Å². The molecule has 0 aliphatic carbocycles. The van der Waals surface area contributed by atoms with Gasteiger partial charge in [0.2, 0.25) is 0 Å². The van der Waals surface area contributed by atoms with Gasteiger partial charge in [0.15, 0.2) is 5.16 Å². The molecule has 0 unspecified atom stereocenters. The fourth-order valence-corrected chi connectivity index (χ4v) is 3.96. The third kappa shape index (κ3) is 4.76. The minimum Gasteiger partial charge on any atom is -0.272 e. The summed E-state index contributed by atoms with van der Waals surface area (Å²) in [4.78, 5) is 30.2. The second-order valence-electron chi connectivity index (χ2n) is 6.98. The number of aryl methyl sites for hydroxylation is 1. The molecule has 1 N–H and O–H groups in total. The SMILES string of the molecule is Cc1ccccc1-n1c(SCC(=O)N/N=C\c2cccc(F)c2)nc2ccccc2c1=O. The number of aromatic nitrogens is 2. The molecule has 1 amide bonds. The molecule has 0 fully saturated rings. The van der Waals surface area contributed by atoms with Gasteiger partial charge in [0.1, 0.15) is 5.82 Å². The molecule has 8 heteroatoms. The molecule has 160 valence electrons. The van der Waals surface area contributed by atoms with Gasteiger partial charge in [0.05, 0.1) is 28.6 Å². The fraction of sp³-hybridized carbons (Fsp3) is 0.0833. The van der Waals surface area contributed by atoms with Gasteiger partial charge in [-0.2, -0.15) is 5.10 Å². The zero-order chi connectivity index (χ0) is 22.5. The molecule has 0 spiro atoms. The molecule has 32 heavy (non-hydrogen) atoms. The lowest BCUT2D eigenvalue weighted by molar-refractivity contribution is -0.118. The Hall–Kier alpha value is -3.78. The van der Waals surface area contributed by atoms with Gasteiger partial charge in [0.25, 0.3) is 11.5 Å². The Morgan fingerprint density at radius 2 is 1.91 bits per heavy atom. The van der Waals surface area contributed by atoms with Gasteiger partial charge >= 0.3 is 0 Å². The summed E-state index contributed by atoms with van der Waals surface area (Å²) in [5.74, 6) is -0.759. The second-order valence-corrected chi connectivity index (χ2v) is 7.92. The number of carbonyl (C=O) groups excluding carboxylic acids is 1. The molecule has 1 aromatic heterocycles. The predicted octanol–water partition coefficient (Wildman–Crippen LogP) is 4.08. The van der Waals surface area contributed by atoms with Crippen molar-refractivity contribution >= 4 is 34.8 Å². The summed E-state index contributed by atoms with van der Waals surface area (Å²) in [6.45, 7) is 1.92. The highest BCUT2D eigenvalue weighted by Gasteiger charge is 2.15. The van der Waals surface area contributed by atoms with Crippen molar-refractivity contribution in [1.82, 2.24) is 15.0 Å². The van der Waals surface area contributed by atoms with Crippen LogP contribution >= 0.6 is 11.8 Å². The van der Waals surface area contributed by atoms with Crippen molar-refractivity contribution in [2.75, 3.05) is 5.75 Å². The number of hydrazone groups is 1. The highest BCUT2D eigenvalue weighted by atomic mass is 32.2. The predicted molar refractivity (Wildman–Crippen MR) is 125 cm³/mol. The first-order valence-electron chi connectivity index (χ1n) is 9.81. The van der Waals surface area contributed by atoms with Crippen LogP contribution in [0.4, 0.5) is 4.39 Å². The lowest BCUT2D eigenvalue weighted by atomic mass is 10.2. The highest BCUT2D eigenvalue weighted by Crippen LogP contribution is 2.22. The lowest BCUT2D eigenvalue weighted by Gasteiger charge is -2.14. The van der Waals surface area contributed by atoms with Crippen molar-refractivity contribution < 1.29 is 9.18 Å². The Labute approximate surface area is 187 Å². The van der Waals surface area contributed by atoms with Crippen LogP contribution < -0.4 is 11.0 Å². The van der Waals surface area contributed by atoms with Gasteiger partial charge in [-0.3, -0.25) is 14.2 Å². The summed E-state index contributed by atoms with van der Waals surface area (Å²) in [5, 5.41) is 4.78. The van der Waals surface area contributed by atoms with Gasteiger partial charge < -0.3 is 0 Å². The standard InChI is InChI=1S/C24H19FN4O2S/c1-16-7-2-5-12-21(16)29-23(31)19-10-3-4-11-20(19)27-24(29)32-15-22(30)28-26-14-17-8-6-9-18(25)13-17/h2-14H,15H2,1H3,(H,28,30)/b26-14-. The summed E-state index contributed by atoms with van der Waals surface area (Å²) >= 11 is 1.14. The second kappa shape index (κ2) is 9.57. The number of para-hydroxylation sites is 2. The van der Waals surface area contributed by atoms with Crippen LogP contribution in [0.3, 0.4) is 0 Å². The van der Waals surface area contributed by atoms with E-state index in [1.165, 1.54) is 22.9 Å². The fourth-order valence-electron chi connectivity index (χ4n) is 3.16. The first-order chi connectivity index (χ1) is 15.5. The molecular weight excluding hydrogens is 427 g/mol. The number of thioether (sulfide) groups is 1. The van der Waals surface area contributed by atoms with E-state index in [0.29, 0.717) is 27.3 Å². The summed E-state index contributed by atoms with van der Waals surface area (Å²) in [7, 11) is 0. The maximum absolute atomic E-state index is 13.3. The van der Waals surface area contributed by atoms with Crippen LogP contribution in [0.2, 0.25) is 0 Å². The number of halogens is 1. The number of rotatable bonds is 6. The van der Waals surface area contributed by atoms with E-state index in [4.69, 9.17) is 0 Å². The van der Waals surface area contributed by atoms with E-state index in [9.17, 15) is 14.0 Å². The van der Waals surface area contributed by atoms with E-state index >= 15 is 0 Å². The van der Waals surface area contributed by atoms with Gasteiger partial charge in [0, 0.05) is 0 Å². The van der Waals surface area contributed by atoms with Crippen LogP contribution in [-0.2, 0) is 4.79 Å². The zero-order valence-electron chi connectivity index (χ0n) is 17.2. The third-order valence-corrected chi connectivity index (χ3v) is 5.62. The number of benzene rings is 3. The zero-order valence-corrected chi connectivity index (χ0v) is 18.0. The highest BCUT2D eigenvalue weighted by molar-refractivity contribution is 7.99. The Morgan fingerprint density at radius 3 is 2.72 bits per heavy atom. The van der Waals surface area contributed by atoms with Gasteiger partial charge in [-0.05, 0) is 48.4 Å². The summed E-state index contributed by atoms with van der Waals surface area (Å²) in [6, 6.07) is 20.5. The molecule has 0 saturated heterocycles. The van der Waals surface area contributed by atoms with Crippen molar-refractivity contribution in [2.24, 2.45) is 5.10 Å². The van der Waals surface area contributed by atoms with Crippen molar-refractivity contribution in [2.45, 2.75) is 12.1 Å². The number of nitrogens with zero attached hydrogens (tertiary/aromatic N) is 3. The van der Waals surface area contributed by atoms with Crippen LogP contribution in [0.1, 0.15) is 11.1 Å². The Bertz CT molecular complexity index is 1380. The quantitative estimate of drug-likeness (QED) is 0.210. The van der Waals surface area contributed by atoms with E-state index in [0.717, 1.165) is 17.3 Å². The average Bonchev–Trinajstić information content (AvgIpc) is 2.79. The minimum absolute atomic E-state index is 0.00283. The lowest BCUT2D eigenvalue weighted by Crippen LogP contribution is -2.24. The minimum atomic E-state index is -0.382. The molecule has 4 aromatic rings. The third-order valence-electron chi connectivity index (χ3n) is 4.69. The van der Waals surface area contributed by atoms with E-state index < -0.39 is 0 Å². The number of hydrogen-bond donors (Lipinski definition) is 1. The first kappa shape index (κ1) is 21.5. The molecular formula is C24H19FN4O2S. The van der Waals surface area contributed by atoms with Crippen LogP contribution in [0.15, 0.2) is 87.8 Å². The summed E-state index contributed by atoms with van der Waals surface area (Å²) in [5.41, 5.74) is 4.94. The molecule has 3 aromatic carbocycles. The number of nitrogens with one attached hydrogen (secondary N) is 1. The monoisotopic (exact) mass is 446 g/mol. The van der Waals surface area contributed by atoms with E-state index in [-0.39, 0.29) is 23.0 Å². The number of fused-ring (bicyclic) bond motifs is 1. The van der Waals surface area contributed by atoms with E-state index in [1.807, 2.05) is 37.3 Å². The summed E-state index contributed by atoms with van der Waals surface area (Å²) < 4.78 is 14.8. The molecule has 0 radical (unpaired) electrons. The molecule has 0 atom stereocenters. The van der Waals surface area contributed by atoms with Gasteiger partial charge in [-0.25, -0.2) is 14.8 Å². The molecule has 6 nitrogen and oxygen atoms in total. The first-order valence-corrected chi connectivity index (χ1v) is 10.8. The maximum Gasteiger partial charge on any atom is 0.266 e. The van der Waals surface area contributed by atoms with E-state index in [1.54, 1.807) is 30.3 Å². The van der Waals surface area contributed by atoms with Crippen molar-refractivity contribution in [1.29, 1.82) is 0 Å². The number of amides is 1. The van der Waals surface area contributed by atoms with Crippen molar-refractivity contribution in [3.05, 3.63) is 100 Å². The maximum atomic E-state index is 13.3.